The van der Waals surface area contributed by atoms with Crippen molar-refractivity contribution in [3.8, 4) is 0 Å². The number of alkyl halides is 6. The number of benzene rings is 2. The molecule has 2 aromatic rings. The molecule has 0 aliphatic heterocycles. The molecule has 9 heteroatoms. The van der Waals surface area contributed by atoms with Gasteiger partial charge in [0.15, 0.2) is 0 Å². The molecule has 0 aliphatic rings. The van der Waals surface area contributed by atoms with Crippen molar-refractivity contribution in [3.05, 3.63) is 70.0 Å². The van der Waals surface area contributed by atoms with E-state index < -0.39 is 53.2 Å². The first-order valence-corrected chi connectivity index (χ1v) is 7.57. The van der Waals surface area contributed by atoms with Crippen LogP contribution in [0.5, 0.6) is 0 Å². The molecule has 1 N–H and O–H groups in total. The van der Waals surface area contributed by atoms with Crippen LogP contribution in [0.1, 0.15) is 33.7 Å². The highest BCUT2D eigenvalue weighted by molar-refractivity contribution is 5.76. The zero-order chi connectivity index (χ0) is 20.6. The molecule has 27 heavy (non-hydrogen) atoms. The first kappa shape index (κ1) is 20.7. The number of carboxylic acids is 1. The van der Waals surface area contributed by atoms with Gasteiger partial charge in [-0.15, -0.1) is 0 Å². The van der Waals surface area contributed by atoms with Crippen molar-refractivity contribution in [1.29, 1.82) is 0 Å². The molecule has 0 saturated heterocycles. The summed E-state index contributed by atoms with van der Waals surface area (Å²) in [7, 11) is 0. The molecule has 2 aromatic carbocycles. The summed E-state index contributed by atoms with van der Waals surface area (Å²) in [5.41, 5.74) is -2.90. The molecular formula is C18H13F7O2. The van der Waals surface area contributed by atoms with Gasteiger partial charge in [0, 0.05) is 0 Å². The molecule has 0 saturated carbocycles. The van der Waals surface area contributed by atoms with Crippen LogP contribution in [0.3, 0.4) is 0 Å². The first-order chi connectivity index (χ1) is 12.3. The third-order valence-electron chi connectivity index (χ3n) is 4.05. The SMILES string of the molecule is Cc1cc(C(Cc2cc(C(F)(F)F)ccc2F)C(=O)O)ccc1C(F)(F)F. The maximum absolute atomic E-state index is 13.9. The van der Waals surface area contributed by atoms with Crippen molar-refractivity contribution in [2.24, 2.45) is 0 Å². The minimum atomic E-state index is -4.74. The van der Waals surface area contributed by atoms with Crippen molar-refractivity contribution in [3.63, 3.8) is 0 Å². The summed E-state index contributed by atoms with van der Waals surface area (Å²) in [5.74, 6) is -4.03. The minimum absolute atomic E-state index is 0.0650. The Morgan fingerprint density at radius 3 is 2.11 bits per heavy atom. The lowest BCUT2D eigenvalue weighted by Gasteiger charge is -2.17. The van der Waals surface area contributed by atoms with E-state index in [4.69, 9.17) is 0 Å². The van der Waals surface area contributed by atoms with E-state index in [1.54, 1.807) is 0 Å². The average molecular weight is 394 g/mol. The van der Waals surface area contributed by atoms with Crippen LogP contribution in [0.15, 0.2) is 36.4 Å². The lowest BCUT2D eigenvalue weighted by atomic mass is 9.89. The van der Waals surface area contributed by atoms with Crippen LogP contribution in [0.25, 0.3) is 0 Å². The smallest absolute Gasteiger partial charge is 0.416 e. The normalized spacial score (nSPS) is 13.5. The summed E-state index contributed by atoms with van der Waals surface area (Å²) in [4.78, 5) is 11.5. The minimum Gasteiger partial charge on any atom is -0.481 e. The molecule has 0 radical (unpaired) electrons. The van der Waals surface area contributed by atoms with Crippen LogP contribution >= 0.6 is 0 Å². The number of halogens is 7. The van der Waals surface area contributed by atoms with E-state index in [1.165, 1.54) is 0 Å². The fourth-order valence-electron chi connectivity index (χ4n) is 2.70. The molecule has 0 bridgehead atoms. The van der Waals surface area contributed by atoms with Crippen molar-refractivity contribution >= 4 is 5.97 Å². The molecule has 146 valence electrons. The van der Waals surface area contributed by atoms with E-state index in [0.717, 1.165) is 19.1 Å². The molecule has 0 aromatic heterocycles. The van der Waals surface area contributed by atoms with Crippen molar-refractivity contribution in [2.45, 2.75) is 31.6 Å². The molecule has 0 amide bonds. The monoisotopic (exact) mass is 394 g/mol. The Morgan fingerprint density at radius 1 is 1.00 bits per heavy atom. The third-order valence-corrected chi connectivity index (χ3v) is 4.05. The van der Waals surface area contributed by atoms with Gasteiger partial charge in [-0.1, -0.05) is 12.1 Å². The molecule has 0 spiro atoms. The molecule has 0 fully saturated rings. The van der Waals surface area contributed by atoms with Gasteiger partial charge in [0.05, 0.1) is 17.0 Å². The summed E-state index contributed by atoms with van der Waals surface area (Å²) in [6, 6.07) is 4.23. The van der Waals surface area contributed by atoms with Crippen LogP contribution in [-0.4, -0.2) is 11.1 Å². The Kier molecular flexibility index (Phi) is 5.53. The van der Waals surface area contributed by atoms with Crippen LogP contribution in [0.4, 0.5) is 30.7 Å². The van der Waals surface area contributed by atoms with Crippen molar-refractivity contribution in [1.82, 2.24) is 0 Å². The number of hydrogen-bond donors (Lipinski definition) is 1. The van der Waals surface area contributed by atoms with E-state index in [0.29, 0.717) is 24.3 Å². The number of rotatable bonds is 4. The Bertz CT molecular complexity index is 854. The maximum atomic E-state index is 13.9. The lowest BCUT2D eigenvalue weighted by Crippen LogP contribution is -2.17. The summed E-state index contributed by atoms with van der Waals surface area (Å²) < 4.78 is 90.7. The van der Waals surface area contributed by atoms with E-state index in [1.807, 2.05) is 0 Å². The van der Waals surface area contributed by atoms with Gasteiger partial charge in [0.1, 0.15) is 5.82 Å². The fraction of sp³-hybridized carbons (Fsp3) is 0.278. The molecule has 1 atom stereocenters. The summed E-state index contributed by atoms with van der Waals surface area (Å²) in [6.45, 7) is 1.14. The average Bonchev–Trinajstić information content (AvgIpc) is 2.51. The Balaban J connectivity index is 2.43. The van der Waals surface area contributed by atoms with Gasteiger partial charge in [-0.3, -0.25) is 4.79 Å². The summed E-state index contributed by atoms with van der Waals surface area (Å²) in [6.07, 6.45) is -10.0. The predicted octanol–water partition coefficient (Wildman–Crippen LogP) is 5.58. The summed E-state index contributed by atoms with van der Waals surface area (Å²) in [5, 5.41) is 9.36. The van der Waals surface area contributed by atoms with Gasteiger partial charge in [-0.05, 0) is 54.3 Å². The van der Waals surface area contributed by atoms with Gasteiger partial charge >= 0.3 is 18.3 Å². The molecule has 1 unspecified atom stereocenters. The first-order valence-electron chi connectivity index (χ1n) is 7.57. The van der Waals surface area contributed by atoms with Gasteiger partial charge in [0.2, 0.25) is 0 Å². The molecule has 2 nitrogen and oxygen atoms in total. The van der Waals surface area contributed by atoms with Crippen molar-refractivity contribution in [2.75, 3.05) is 0 Å². The Hall–Kier alpha value is -2.58. The highest BCUT2D eigenvalue weighted by atomic mass is 19.4. The van der Waals surface area contributed by atoms with Crippen LogP contribution in [-0.2, 0) is 23.6 Å². The number of carboxylic acid groups (broad SMARTS) is 1. The lowest BCUT2D eigenvalue weighted by molar-refractivity contribution is -0.139. The van der Waals surface area contributed by atoms with Crippen LogP contribution < -0.4 is 0 Å². The predicted molar refractivity (Wildman–Crippen MR) is 81.7 cm³/mol. The molecule has 2 rings (SSSR count). The van der Waals surface area contributed by atoms with Gasteiger partial charge in [0.25, 0.3) is 0 Å². The summed E-state index contributed by atoms with van der Waals surface area (Å²) >= 11 is 0. The second-order valence-electron chi connectivity index (χ2n) is 5.97. The zero-order valence-electron chi connectivity index (χ0n) is 13.7. The number of hydrogen-bond acceptors (Lipinski definition) is 1. The molecular weight excluding hydrogens is 381 g/mol. The van der Waals surface area contributed by atoms with Gasteiger partial charge < -0.3 is 5.11 Å². The Labute approximate surface area is 149 Å². The number of aryl methyl sites for hydroxylation is 1. The van der Waals surface area contributed by atoms with Gasteiger partial charge in [-0.2, -0.15) is 26.3 Å². The van der Waals surface area contributed by atoms with E-state index in [9.17, 15) is 40.6 Å². The number of carbonyl (C=O) groups is 1. The van der Waals surface area contributed by atoms with Crippen molar-refractivity contribution < 1.29 is 40.6 Å². The highest BCUT2D eigenvalue weighted by Gasteiger charge is 2.34. The number of aliphatic carboxylic acids is 1. The quantitative estimate of drug-likeness (QED) is 0.688. The largest absolute Gasteiger partial charge is 0.481 e. The highest BCUT2D eigenvalue weighted by Crippen LogP contribution is 2.35. The fourth-order valence-corrected chi connectivity index (χ4v) is 2.70. The molecule has 0 heterocycles. The third kappa shape index (κ3) is 4.78. The topological polar surface area (TPSA) is 37.3 Å². The second-order valence-corrected chi connectivity index (χ2v) is 5.97. The van der Waals surface area contributed by atoms with Gasteiger partial charge in [-0.25, -0.2) is 4.39 Å². The standard InChI is InChI=1S/C18H13F7O2/c1-9-6-10(2-4-14(9)18(23,24)25)13(16(26)27)8-11-7-12(17(20,21)22)3-5-15(11)19/h2-7,13H,8H2,1H3,(H,26,27). The molecule has 0 aliphatic carbocycles. The zero-order valence-corrected chi connectivity index (χ0v) is 13.7. The van der Waals surface area contributed by atoms with E-state index in [2.05, 4.69) is 0 Å². The van der Waals surface area contributed by atoms with Crippen LogP contribution in [0, 0.1) is 12.7 Å². The Morgan fingerprint density at radius 2 is 1.63 bits per heavy atom. The maximum Gasteiger partial charge on any atom is 0.416 e. The van der Waals surface area contributed by atoms with E-state index >= 15 is 0 Å². The second kappa shape index (κ2) is 7.21. The van der Waals surface area contributed by atoms with E-state index in [-0.39, 0.29) is 11.1 Å². The van der Waals surface area contributed by atoms with Crippen LogP contribution in [0.2, 0.25) is 0 Å².